The molecular weight excluding hydrogens is 462 g/mol. The third-order valence-corrected chi connectivity index (χ3v) is 6.49. The maximum Gasteiger partial charge on any atom is 0.322 e. The summed E-state index contributed by atoms with van der Waals surface area (Å²) < 4.78 is 5.84. The molecule has 9 heteroatoms. The van der Waals surface area contributed by atoms with Crippen LogP contribution in [0.25, 0.3) is 0 Å². The second-order valence-electron chi connectivity index (χ2n) is 9.12. The van der Waals surface area contributed by atoms with Crippen LogP contribution in [0, 0.1) is 12.8 Å². The van der Waals surface area contributed by atoms with Crippen LogP contribution in [-0.2, 0) is 16.8 Å². The van der Waals surface area contributed by atoms with Gasteiger partial charge in [0.2, 0.25) is 0 Å². The van der Waals surface area contributed by atoms with Gasteiger partial charge in [-0.2, -0.15) is 0 Å². The normalized spacial score (nSPS) is 19.4. The lowest BCUT2D eigenvalue weighted by Gasteiger charge is -2.36. The lowest BCUT2D eigenvalue weighted by atomic mass is 9.74. The van der Waals surface area contributed by atoms with E-state index in [2.05, 4.69) is 15.3 Å². The summed E-state index contributed by atoms with van der Waals surface area (Å²) in [5, 5.41) is 32.5. The predicted molar refractivity (Wildman–Crippen MR) is 131 cm³/mol. The summed E-state index contributed by atoms with van der Waals surface area (Å²) in [7, 11) is 0. The van der Waals surface area contributed by atoms with Gasteiger partial charge in [0.05, 0.1) is 11.3 Å². The first-order valence-corrected chi connectivity index (χ1v) is 11.9. The molecule has 1 aliphatic rings. The number of aromatic nitrogens is 2. The molecule has 1 aliphatic carbocycles. The number of aliphatic hydroxyl groups is 1. The number of carboxylic acid groups (broad SMARTS) is 1. The fourth-order valence-corrected chi connectivity index (χ4v) is 4.48. The molecule has 1 saturated carbocycles. The zero-order valence-electron chi connectivity index (χ0n) is 20.0. The number of para-hydroxylation sites is 1. The van der Waals surface area contributed by atoms with Gasteiger partial charge in [0.1, 0.15) is 23.9 Å². The Bertz CT molecular complexity index is 1220. The molecule has 0 spiro atoms. The third-order valence-electron chi connectivity index (χ3n) is 6.49. The molecule has 0 atom stereocenters. The highest BCUT2D eigenvalue weighted by atomic mass is 16.5. The van der Waals surface area contributed by atoms with Crippen molar-refractivity contribution in [2.45, 2.75) is 44.6 Å². The Morgan fingerprint density at radius 3 is 2.31 bits per heavy atom. The first kappa shape index (κ1) is 25.1. The zero-order valence-corrected chi connectivity index (χ0v) is 20.0. The van der Waals surface area contributed by atoms with Gasteiger partial charge in [-0.3, -0.25) is 9.59 Å². The zero-order chi connectivity index (χ0) is 25.7. The second-order valence-corrected chi connectivity index (χ2v) is 9.12. The quantitative estimate of drug-likeness (QED) is 0.374. The van der Waals surface area contributed by atoms with Gasteiger partial charge < -0.3 is 25.4 Å². The van der Waals surface area contributed by atoms with Gasteiger partial charge in [-0.05, 0) is 68.4 Å². The van der Waals surface area contributed by atoms with E-state index in [1.54, 1.807) is 6.92 Å². The molecule has 1 fully saturated rings. The molecule has 0 radical (unpaired) electrons. The van der Waals surface area contributed by atoms with Gasteiger partial charge in [-0.1, -0.05) is 30.3 Å². The van der Waals surface area contributed by atoms with Crippen molar-refractivity contribution in [3.05, 3.63) is 77.4 Å². The van der Waals surface area contributed by atoms with Crippen molar-refractivity contribution in [1.29, 1.82) is 0 Å². The molecule has 1 amide bonds. The van der Waals surface area contributed by atoms with Crippen LogP contribution in [0.5, 0.6) is 17.2 Å². The maximum absolute atomic E-state index is 12.3. The first-order valence-electron chi connectivity index (χ1n) is 11.9. The number of amides is 1. The minimum absolute atomic E-state index is 0.199. The summed E-state index contributed by atoms with van der Waals surface area (Å²) in [5.74, 6) is -0.266. The summed E-state index contributed by atoms with van der Waals surface area (Å²) in [4.78, 5) is 31.5. The summed E-state index contributed by atoms with van der Waals surface area (Å²) in [6.45, 7) is 0.997. The molecular formula is C27H29N3O6. The highest BCUT2D eigenvalue weighted by Crippen LogP contribution is 2.41. The van der Waals surface area contributed by atoms with Crippen LogP contribution >= 0.6 is 0 Å². The Labute approximate surface area is 208 Å². The molecule has 4 rings (SSSR count). The minimum atomic E-state index is -1.19. The van der Waals surface area contributed by atoms with Crippen LogP contribution < -0.4 is 10.1 Å². The number of aliphatic carboxylic acids is 1. The molecule has 0 saturated heterocycles. The Morgan fingerprint density at radius 1 is 1.03 bits per heavy atom. The van der Waals surface area contributed by atoms with E-state index >= 15 is 0 Å². The van der Waals surface area contributed by atoms with E-state index in [1.165, 1.54) is 0 Å². The number of ether oxygens (including phenoxy) is 1. The fourth-order valence-electron chi connectivity index (χ4n) is 4.48. The second kappa shape index (κ2) is 10.7. The standard InChI is InChI=1S/C27H29N3O6/c1-17-25(33)24(26(34)28-16-23(31)32)30-22(29-17)15-18-11-13-27(35,14-12-18)19-7-9-21(10-8-19)36-20-5-3-2-4-6-20/h2-10,18,33,35H,11-16H2,1H3,(H,28,34)(H,31,32). The van der Waals surface area contributed by atoms with E-state index in [-0.39, 0.29) is 23.1 Å². The van der Waals surface area contributed by atoms with Crippen molar-refractivity contribution >= 4 is 11.9 Å². The van der Waals surface area contributed by atoms with Gasteiger partial charge >= 0.3 is 5.97 Å². The molecule has 1 aromatic heterocycles. The smallest absolute Gasteiger partial charge is 0.322 e. The number of rotatable bonds is 8. The van der Waals surface area contributed by atoms with Crippen LogP contribution in [0.2, 0.25) is 0 Å². The number of carbonyl (C=O) groups is 2. The molecule has 9 nitrogen and oxygen atoms in total. The number of hydrogen-bond acceptors (Lipinski definition) is 7. The van der Waals surface area contributed by atoms with Crippen molar-refractivity contribution in [3.8, 4) is 17.2 Å². The molecule has 0 aliphatic heterocycles. The minimum Gasteiger partial charge on any atom is -0.504 e. The number of nitrogens with zero attached hydrogens (tertiary/aromatic N) is 2. The highest BCUT2D eigenvalue weighted by Gasteiger charge is 2.35. The Balaban J connectivity index is 1.38. The average molecular weight is 492 g/mol. The van der Waals surface area contributed by atoms with Crippen LogP contribution in [0.3, 0.4) is 0 Å². The van der Waals surface area contributed by atoms with Crippen LogP contribution in [-0.4, -0.2) is 43.7 Å². The van der Waals surface area contributed by atoms with E-state index in [0.29, 0.717) is 30.8 Å². The van der Waals surface area contributed by atoms with Gasteiger partial charge in [0.15, 0.2) is 11.4 Å². The summed E-state index contributed by atoms with van der Waals surface area (Å²) >= 11 is 0. The monoisotopic (exact) mass is 491 g/mol. The maximum atomic E-state index is 12.3. The topological polar surface area (TPSA) is 142 Å². The van der Waals surface area contributed by atoms with E-state index < -0.39 is 24.0 Å². The lowest BCUT2D eigenvalue weighted by molar-refractivity contribution is -0.135. The molecule has 188 valence electrons. The van der Waals surface area contributed by atoms with Gasteiger partial charge in [0.25, 0.3) is 5.91 Å². The Hall–Kier alpha value is -3.98. The number of carboxylic acids is 1. The van der Waals surface area contributed by atoms with Crippen molar-refractivity contribution in [2.24, 2.45) is 5.92 Å². The van der Waals surface area contributed by atoms with Crippen molar-refractivity contribution < 1.29 is 29.6 Å². The van der Waals surface area contributed by atoms with E-state index in [9.17, 15) is 19.8 Å². The number of benzene rings is 2. The number of aromatic hydroxyl groups is 1. The molecule has 0 bridgehead atoms. The molecule has 2 aromatic carbocycles. The summed E-state index contributed by atoms with van der Waals surface area (Å²) in [6, 6.07) is 17.0. The molecule has 1 heterocycles. The van der Waals surface area contributed by atoms with Gasteiger partial charge in [-0.15, -0.1) is 0 Å². The van der Waals surface area contributed by atoms with Crippen LogP contribution in [0.1, 0.15) is 53.3 Å². The molecule has 4 N–H and O–H groups in total. The van der Waals surface area contributed by atoms with Crippen molar-refractivity contribution in [1.82, 2.24) is 15.3 Å². The van der Waals surface area contributed by atoms with Gasteiger partial charge in [-0.25, -0.2) is 9.97 Å². The number of nitrogens with one attached hydrogen (secondary N) is 1. The van der Waals surface area contributed by atoms with Gasteiger partial charge in [0, 0.05) is 6.42 Å². The third kappa shape index (κ3) is 5.98. The number of aryl methyl sites for hydroxylation is 1. The molecule has 3 aromatic rings. The van der Waals surface area contributed by atoms with E-state index in [0.717, 1.165) is 24.2 Å². The average Bonchev–Trinajstić information content (AvgIpc) is 2.87. The highest BCUT2D eigenvalue weighted by molar-refractivity contribution is 5.96. The number of hydrogen-bond donors (Lipinski definition) is 4. The largest absolute Gasteiger partial charge is 0.504 e. The molecule has 36 heavy (non-hydrogen) atoms. The number of carbonyl (C=O) groups excluding carboxylic acids is 1. The summed E-state index contributed by atoms with van der Waals surface area (Å²) in [6.07, 6.45) is 3.10. The van der Waals surface area contributed by atoms with E-state index in [1.807, 2.05) is 54.6 Å². The van der Waals surface area contributed by atoms with Crippen LogP contribution in [0.4, 0.5) is 0 Å². The summed E-state index contributed by atoms with van der Waals surface area (Å²) in [5.41, 5.74) is -0.0694. The fraction of sp³-hybridized carbons (Fsp3) is 0.333. The van der Waals surface area contributed by atoms with Crippen LogP contribution in [0.15, 0.2) is 54.6 Å². The lowest BCUT2D eigenvalue weighted by Crippen LogP contribution is -2.32. The molecule has 0 unspecified atom stereocenters. The van der Waals surface area contributed by atoms with Crippen molar-refractivity contribution in [2.75, 3.05) is 6.54 Å². The van der Waals surface area contributed by atoms with E-state index in [4.69, 9.17) is 9.84 Å². The Morgan fingerprint density at radius 2 is 1.67 bits per heavy atom. The van der Waals surface area contributed by atoms with Crippen molar-refractivity contribution in [3.63, 3.8) is 0 Å². The Kier molecular flexibility index (Phi) is 7.49. The predicted octanol–water partition coefficient (Wildman–Crippen LogP) is 3.72. The first-order chi connectivity index (χ1) is 17.2. The SMILES string of the molecule is Cc1nc(CC2CCC(O)(c3ccc(Oc4ccccc4)cc3)CC2)nc(C(=O)NCC(=O)O)c1O.